The summed E-state index contributed by atoms with van der Waals surface area (Å²) in [6.07, 6.45) is 1.75. The predicted octanol–water partition coefficient (Wildman–Crippen LogP) is 4.13. The Balaban J connectivity index is 1.66. The van der Waals surface area contributed by atoms with E-state index in [0.717, 1.165) is 33.7 Å². The van der Waals surface area contributed by atoms with E-state index in [1.54, 1.807) is 13.3 Å². The summed E-state index contributed by atoms with van der Waals surface area (Å²) in [5, 5.41) is 7.96. The molecule has 0 radical (unpaired) electrons. The van der Waals surface area contributed by atoms with Crippen molar-refractivity contribution in [2.24, 2.45) is 0 Å². The van der Waals surface area contributed by atoms with E-state index >= 15 is 0 Å². The van der Waals surface area contributed by atoms with Crippen LogP contribution in [0.25, 0.3) is 10.9 Å². The number of benzene rings is 2. The van der Waals surface area contributed by atoms with E-state index in [-0.39, 0.29) is 0 Å². The zero-order valence-electron chi connectivity index (χ0n) is 14.8. The van der Waals surface area contributed by atoms with Gasteiger partial charge < -0.3 is 20.1 Å². The maximum atomic E-state index is 5.45. The molecule has 26 heavy (non-hydrogen) atoms. The number of pyridine rings is 1. The van der Waals surface area contributed by atoms with E-state index in [2.05, 4.69) is 15.6 Å². The van der Waals surface area contributed by atoms with Crippen LogP contribution in [0.15, 0.2) is 54.7 Å². The zero-order chi connectivity index (χ0) is 18.4. The molecule has 3 rings (SSSR count). The van der Waals surface area contributed by atoms with Crippen LogP contribution < -0.4 is 20.1 Å². The van der Waals surface area contributed by atoms with Gasteiger partial charge in [0.15, 0.2) is 5.11 Å². The normalized spacial score (nSPS) is 10.4. The monoisotopic (exact) mass is 367 g/mol. The van der Waals surface area contributed by atoms with Crippen LogP contribution in [-0.4, -0.2) is 23.8 Å². The highest BCUT2D eigenvalue weighted by atomic mass is 32.1. The van der Waals surface area contributed by atoms with Gasteiger partial charge in [-0.05, 0) is 61.1 Å². The molecule has 0 saturated heterocycles. The van der Waals surface area contributed by atoms with Crippen LogP contribution in [0.2, 0.25) is 0 Å². The topological polar surface area (TPSA) is 55.4 Å². The SMILES string of the molecule is CCOc1ccc(CNC(=S)Nc2ccc(OC)c3ncccc23)cc1. The maximum absolute atomic E-state index is 5.45. The number of rotatable bonds is 6. The first-order valence-electron chi connectivity index (χ1n) is 8.39. The second-order valence-electron chi connectivity index (χ2n) is 5.60. The first kappa shape index (κ1) is 17.9. The van der Waals surface area contributed by atoms with Crippen molar-refractivity contribution in [3.63, 3.8) is 0 Å². The summed E-state index contributed by atoms with van der Waals surface area (Å²) >= 11 is 5.43. The summed E-state index contributed by atoms with van der Waals surface area (Å²) in [7, 11) is 1.64. The Labute approximate surface area is 158 Å². The summed E-state index contributed by atoms with van der Waals surface area (Å²) < 4.78 is 10.8. The molecule has 5 nitrogen and oxygen atoms in total. The van der Waals surface area contributed by atoms with Crippen LogP contribution in [-0.2, 0) is 6.54 Å². The minimum absolute atomic E-state index is 0.550. The second-order valence-corrected chi connectivity index (χ2v) is 6.01. The Hall–Kier alpha value is -2.86. The molecule has 2 N–H and O–H groups in total. The summed E-state index contributed by atoms with van der Waals surface area (Å²) in [6, 6.07) is 15.7. The Morgan fingerprint density at radius 3 is 2.65 bits per heavy atom. The van der Waals surface area contributed by atoms with E-state index in [1.165, 1.54) is 0 Å². The van der Waals surface area contributed by atoms with Crippen LogP contribution in [0, 0.1) is 0 Å². The van der Waals surface area contributed by atoms with Crippen LogP contribution in [0.5, 0.6) is 11.5 Å². The highest BCUT2D eigenvalue weighted by Gasteiger charge is 2.08. The molecule has 0 aliphatic rings. The molecule has 1 aromatic heterocycles. The number of ether oxygens (including phenoxy) is 2. The molecule has 0 aliphatic heterocycles. The molecule has 0 atom stereocenters. The van der Waals surface area contributed by atoms with Gasteiger partial charge in [-0.3, -0.25) is 4.98 Å². The van der Waals surface area contributed by atoms with Crippen molar-refractivity contribution in [2.45, 2.75) is 13.5 Å². The first-order chi connectivity index (χ1) is 12.7. The van der Waals surface area contributed by atoms with E-state index in [1.807, 2.05) is 55.5 Å². The number of anilines is 1. The van der Waals surface area contributed by atoms with Crippen molar-refractivity contribution >= 4 is 33.9 Å². The second kappa shape index (κ2) is 8.49. The molecule has 134 valence electrons. The van der Waals surface area contributed by atoms with Gasteiger partial charge >= 0.3 is 0 Å². The fraction of sp³-hybridized carbons (Fsp3) is 0.200. The number of hydrogen-bond acceptors (Lipinski definition) is 4. The van der Waals surface area contributed by atoms with E-state index in [4.69, 9.17) is 21.7 Å². The average molecular weight is 367 g/mol. The number of nitrogens with zero attached hydrogens (tertiary/aromatic N) is 1. The molecule has 0 saturated carbocycles. The number of methoxy groups -OCH3 is 1. The lowest BCUT2D eigenvalue weighted by molar-refractivity contribution is 0.340. The molecule has 6 heteroatoms. The Morgan fingerprint density at radius 2 is 1.92 bits per heavy atom. The Morgan fingerprint density at radius 1 is 1.12 bits per heavy atom. The van der Waals surface area contributed by atoms with E-state index < -0.39 is 0 Å². The minimum Gasteiger partial charge on any atom is -0.494 e. The van der Waals surface area contributed by atoms with Crippen LogP contribution in [0.3, 0.4) is 0 Å². The van der Waals surface area contributed by atoms with E-state index in [9.17, 15) is 0 Å². The molecule has 2 aromatic carbocycles. The molecule has 0 aliphatic carbocycles. The van der Waals surface area contributed by atoms with Gasteiger partial charge in [-0.25, -0.2) is 0 Å². The Bertz CT molecular complexity index is 897. The molecule has 0 unspecified atom stereocenters. The lowest BCUT2D eigenvalue weighted by Crippen LogP contribution is -2.27. The van der Waals surface area contributed by atoms with Gasteiger partial charge in [0.1, 0.15) is 17.0 Å². The molecular formula is C20H21N3O2S. The van der Waals surface area contributed by atoms with Crippen LogP contribution in [0.1, 0.15) is 12.5 Å². The van der Waals surface area contributed by atoms with Crippen molar-refractivity contribution in [2.75, 3.05) is 19.0 Å². The van der Waals surface area contributed by atoms with Crippen molar-refractivity contribution in [1.29, 1.82) is 0 Å². The summed E-state index contributed by atoms with van der Waals surface area (Å²) in [4.78, 5) is 4.40. The molecule has 0 fully saturated rings. The van der Waals surface area contributed by atoms with Gasteiger partial charge in [-0.2, -0.15) is 0 Å². The number of nitrogens with one attached hydrogen (secondary N) is 2. The highest BCUT2D eigenvalue weighted by molar-refractivity contribution is 7.80. The fourth-order valence-electron chi connectivity index (χ4n) is 2.64. The fourth-order valence-corrected chi connectivity index (χ4v) is 2.82. The third-order valence-corrected chi connectivity index (χ3v) is 4.13. The van der Waals surface area contributed by atoms with Gasteiger partial charge in [0.25, 0.3) is 0 Å². The lowest BCUT2D eigenvalue weighted by Gasteiger charge is -2.14. The molecule has 0 amide bonds. The minimum atomic E-state index is 0.550. The average Bonchev–Trinajstić information content (AvgIpc) is 2.68. The standard InChI is InChI=1S/C20H21N3O2S/c1-3-25-15-8-6-14(7-9-15)13-22-20(26)23-17-10-11-18(24-2)19-16(17)5-4-12-21-19/h4-12H,3,13H2,1-2H3,(H2,22,23,26). The van der Waals surface area contributed by atoms with Crippen LogP contribution in [0.4, 0.5) is 5.69 Å². The summed E-state index contributed by atoms with van der Waals surface area (Å²) in [5.74, 6) is 1.61. The molecule has 3 aromatic rings. The van der Waals surface area contributed by atoms with E-state index in [0.29, 0.717) is 18.3 Å². The van der Waals surface area contributed by atoms with Gasteiger partial charge in [-0.15, -0.1) is 0 Å². The number of fused-ring (bicyclic) bond motifs is 1. The summed E-state index contributed by atoms with van der Waals surface area (Å²) in [5.41, 5.74) is 2.81. The first-order valence-corrected chi connectivity index (χ1v) is 8.80. The Kier molecular flexibility index (Phi) is 5.86. The smallest absolute Gasteiger partial charge is 0.171 e. The molecule has 1 heterocycles. The van der Waals surface area contributed by atoms with Crippen molar-refractivity contribution in [1.82, 2.24) is 10.3 Å². The van der Waals surface area contributed by atoms with Gasteiger partial charge in [0.2, 0.25) is 0 Å². The number of aromatic nitrogens is 1. The largest absolute Gasteiger partial charge is 0.494 e. The van der Waals surface area contributed by atoms with Gasteiger partial charge in [0, 0.05) is 23.8 Å². The van der Waals surface area contributed by atoms with Crippen molar-refractivity contribution < 1.29 is 9.47 Å². The highest BCUT2D eigenvalue weighted by Crippen LogP contribution is 2.29. The van der Waals surface area contributed by atoms with Gasteiger partial charge in [-0.1, -0.05) is 12.1 Å². The van der Waals surface area contributed by atoms with Crippen molar-refractivity contribution in [3.05, 3.63) is 60.3 Å². The molecular weight excluding hydrogens is 346 g/mol. The third kappa shape index (κ3) is 4.21. The zero-order valence-corrected chi connectivity index (χ0v) is 15.6. The quantitative estimate of drug-likeness (QED) is 0.639. The molecule has 0 spiro atoms. The van der Waals surface area contributed by atoms with Crippen molar-refractivity contribution in [3.8, 4) is 11.5 Å². The predicted molar refractivity (Wildman–Crippen MR) is 109 cm³/mol. The van der Waals surface area contributed by atoms with Crippen LogP contribution >= 0.6 is 12.2 Å². The number of hydrogen-bond donors (Lipinski definition) is 2. The van der Waals surface area contributed by atoms with Gasteiger partial charge in [0.05, 0.1) is 13.7 Å². The number of thiocarbonyl (C=S) groups is 1. The molecule has 0 bridgehead atoms. The maximum Gasteiger partial charge on any atom is 0.171 e. The lowest BCUT2D eigenvalue weighted by atomic mass is 10.1. The summed E-state index contributed by atoms with van der Waals surface area (Å²) in [6.45, 7) is 3.26. The third-order valence-electron chi connectivity index (χ3n) is 3.89.